The molecule has 2 N–H and O–H groups in total. The largest absolute Gasteiger partial charge is 0.495 e. The van der Waals surface area contributed by atoms with Crippen LogP contribution in [0.4, 0.5) is 14.5 Å². The van der Waals surface area contributed by atoms with Gasteiger partial charge in [-0.15, -0.1) is 0 Å². The Morgan fingerprint density at radius 2 is 1.72 bits per heavy atom. The van der Waals surface area contributed by atoms with Crippen molar-refractivity contribution in [2.24, 2.45) is 0 Å². The molecule has 0 atom stereocenters. The number of halogens is 2. The zero-order valence-corrected chi connectivity index (χ0v) is 16.7. The smallest absolute Gasteiger partial charge is 0.255 e. The van der Waals surface area contributed by atoms with Crippen molar-refractivity contribution in [2.75, 3.05) is 12.4 Å². The number of hydrogen-bond acceptors (Lipinski definition) is 4. The maximum absolute atomic E-state index is 13.8. The van der Waals surface area contributed by atoms with Crippen molar-refractivity contribution < 1.29 is 26.7 Å². The van der Waals surface area contributed by atoms with Gasteiger partial charge in [0, 0.05) is 11.6 Å². The second-order valence-electron chi connectivity index (χ2n) is 6.87. The molecule has 2 aromatic carbocycles. The second-order valence-corrected chi connectivity index (χ2v) is 8.56. The average Bonchev–Trinajstić information content (AvgIpc) is 2.70. The van der Waals surface area contributed by atoms with Gasteiger partial charge in [-0.1, -0.05) is 25.3 Å². The minimum absolute atomic E-state index is 0.0712. The number of nitrogens with one attached hydrogen (secondary N) is 2. The van der Waals surface area contributed by atoms with Crippen molar-refractivity contribution in [3.63, 3.8) is 0 Å². The molecule has 0 aliphatic heterocycles. The van der Waals surface area contributed by atoms with E-state index >= 15 is 0 Å². The van der Waals surface area contributed by atoms with Gasteiger partial charge in [-0.3, -0.25) is 4.79 Å². The topological polar surface area (TPSA) is 84.5 Å². The Labute approximate surface area is 168 Å². The predicted molar refractivity (Wildman–Crippen MR) is 104 cm³/mol. The van der Waals surface area contributed by atoms with Crippen LogP contribution in [-0.4, -0.2) is 27.5 Å². The summed E-state index contributed by atoms with van der Waals surface area (Å²) in [6, 6.07) is 6.82. The van der Waals surface area contributed by atoms with E-state index in [9.17, 15) is 22.0 Å². The van der Waals surface area contributed by atoms with Crippen LogP contribution < -0.4 is 14.8 Å². The minimum atomic E-state index is -3.95. The van der Waals surface area contributed by atoms with Gasteiger partial charge in [0.15, 0.2) is 0 Å². The molecule has 1 fully saturated rings. The van der Waals surface area contributed by atoms with Gasteiger partial charge in [0.1, 0.15) is 28.0 Å². The fourth-order valence-electron chi connectivity index (χ4n) is 3.33. The zero-order valence-electron chi connectivity index (χ0n) is 15.9. The van der Waals surface area contributed by atoms with Gasteiger partial charge in [-0.05, 0) is 43.2 Å². The van der Waals surface area contributed by atoms with Crippen LogP contribution in [0.3, 0.4) is 0 Å². The summed E-state index contributed by atoms with van der Waals surface area (Å²) in [7, 11) is -2.63. The third-order valence-electron chi connectivity index (χ3n) is 4.84. The normalized spacial score (nSPS) is 15.1. The first-order valence-corrected chi connectivity index (χ1v) is 10.8. The Morgan fingerprint density at radius 1 is 1.07 bits per heavy atom. The maximum Gasteiger partial charge on any atom is 0.255 e. The lowest BCUT2D eigenvalue weighted by Gasteiger charge is -2.23. The molecule has 3 rings (SSSR count). The summed E-state index contributed by atoms with van der Waals surface area (Å²) >= 11 is 0. The summed E-state index contributed by atoms with van der Waals surface area (Å²) in [5.74, 6) is -2.63. The lowest BCUT2D eigenvalue weighted by molar-refractivity contribution is 0.102. The number of rotatable bonds is 6. The molecule has 0 saturated heterocycles. The number of methoxy groups -OCH3 is 1. The van der Waals surface area contributed by atoms with E-state index in [4.69, 9.17) is 4.74 Å². The van der Waals surface area contributed by atoms with Crippen LogP contribution in [-0.2, 0) is 10.0 Å². The molecular weight excluding hydrogens is 402 g/mol. The van der Waals surface area contributed by atoms with E-state index in [-0.39, 0.29) is 22.3 Å². The fourth-order valence-corrected chi connectivity index (χ4v) is 4.83. The van der Waals surface area contributed by atoms with Crippen molar-refractivity contribution in [3.05, 3.63) is 53.6 Å². The number of para-hydroxylation sites is 1. The van der Waals surface area contributed by atoms with Crippen LogP contribution in [0.1, 0.15) is 42.5 Å². The second kappa shape index (κ2) is 8.87. The summed E-state index contributed by atoms with van der Waals surface area (Å²) in [6.07, 6.45) is 4.45. The third kappa shape index (κ3) is 4.91. The number of benzene rings is 2. The van der Waals surface area contributed by atoms with Crippen molar-refractivity contribution in [3.8, 4) is 5.75 Å². The average molecular weight is 424 g/mol. The number of carbonyl (C=O) groups is 1. The third-order valence-corrected chi connectivity index (χ3v) is 6.39. The molecule has 0 radical (unpaired) electrons. The lowest BCUT2D eigenvalue weighted by atomic mass is 9.96. The molecule has 0 bridgehead atoms. The van der Waals surface area contributed by atoms with Gasteiger partial charge in [0.25, 0.3) is 5.91 Å². The number of hydrogen-bond donors (Lipinski definition) is 2. The summed E-state index contributed by atoms with van der Waals surface area (Å²) in [5.41, 5.74) is -0.671. The Morgan fingerprint density at radius 3 is 2.34 bits per heavy atom. The van der Waals surface area contributed by atoms with Gasteiger partial charge in [-0.2, -0.15) is 0 Å². The highest BCUT2D eigenvalue weighted by molar-refractivity contribution is 7.89. The van der Waals surface area contributed by atoms with Crippen LogP contribution in [0.5, 0.6) is 5.75 Å². The minimum Gasteiger partial charge on any atom is -0.495 e. The predicted octanol–water partition coefficient (Wildman–Crippen LogP) is 3.84. The van der Waals surface area contributed by atoms with Crippen molar-refractivity contribution >= 4 is 21.6 Å². The Bertz CT molecular complexity index is 985. The van der Waals surface area contributed by atoms with Gasteiger partial charge < -0.3 is 10.1 Å². The maximum atomic E-state index is 13.8. The molecule has 9 heteroatoms. The van der Waals surface area contributed by atoms with E-state index in [1.54, 1.807) is 0 Å². The van der Waals surface area contributed by atoms with E-state index in [2.05, 4.69) is 10.0 Å². The summed E-state index contributed by atoms with van der Waals surface area (Å²) in [4.78, 5) is 12.3. The highest BCUT2D eigenvalue weighted by Gasteiger charge is 2.26. The first-order valence-electron chi connectivity index (χ1n) is 9.27. The molecule has 0 unspecified atom stereocenters. The molecule has 156 valence electrons. The van der Waals surface area contributed by atoms with Crippen molar-refractivity contribution in [1.29, 1.82) is 0 Å². The SMILES string of the molecule is COc1ccc(C(=O)Nc2c(F)cccc2F)cc1S(=O)(=O)NC1CCCCC1. The lowest BCUT2D eigenvalue weighted by Crippen LogP contribution is -2.36. The van der Waals surface area contributed by atoms with E-state index in [1.165, 1.54) is 25.3 Å². The van der Waals surface area contributed by atoms with E-state index in [0.717, 1.165) is 50.3 Å². The first kappa shape index (κ1) is 21.2. The molecule has 2 aromatic rings. The van der Waals surface area contributed by atoms with Gasteiger partial charge in [0.2, 0.25) is 10.0 Å². The van der Waals surface area contributed by atoms with Crippen LogP contribution in [0.2, 0.25) is 0 Å². The number of amides is 1. The number of sulfonamides is 1. The van der Waals surface area contributed by atoms with E-state index in [1.807, 2.05) is 0 Å². The molecule has 1 aliphatic carbocycles. The molecule has 0 heterocycles. The quantitative estimate of drug-likeness (QED) is 0.738. The molecule has 1 aliphatic rings. The van der Waals surface area contributed by atoms with E-state index in [0.29, 0.717) is 0 Å². The summed E-state index contributed by atoms with van der Waals surface area (Å²) < 4.78 is 61.1. The van der Waals surface area contributed by atoms with Gasteiger partial charge in [-0.25, -0.2) is 21.9 Å². The summed E-state index contributed by atoms with van der Waals surface area (Å²) in [6.45, 7) is 0. The Balaban J connectivity index is 1.89. The molecule has 0 spiro atoms. The van der Waals surface area contributed by atoms with Crippen LogP contribution in [0, 0.1) is 11.6 Å². The highest BCUT2D eigenvalue weighted by atomic mass is 32.2. The molecule has 1 amide bonds. The molecular formula is C20H22F2N2O4S. The zero-order chi connectivity index (χ0) is 21.0. The van der Waals surface area contributed by atoms with E-state index < -0.39 is 33.3 Å². The van der Waals surface area contributed by atoms with Crippen LogP contribution in [0.25, 0.3) is 0 Å². The molecule has 0 aromatic heterocycles. The summed E-state index contributed by atoms with van der Waals surface area (Å²) in [5, 5.41) is 2.15. The number of anilines is 1. The Kier molecular flexibility index (Phi) is 6.49. The first-order chi connectivity index (χ1) is 13.8. The van der Waals surface area contributed by atoms with Crippen LogP contribution in [0.15, 0.2) is 41.3 Å². The van der Waals surface area contributed by atoms with Gasteiger partial charge in [0.05, 0.1) is 7.11 Å². The number of ether oxygens (including phenoxy) is 1. The van der Waals surface area contributed by atoms with Crippen LogP contribution >= 0.6 is 0 Å². The fraction of sp³-hybridized carbons (Fsp3) is 0.350. The molecule has 1 saturated carbocycles. The standard InChI is InChI=1S/C20H22F2N2O4S/c1-28-17-11-10-13(20(25)23-19-15(21)8-5-9-16(19)22)12-18(17)29(26,27)24-14-6-3-2-4-7-14/h5,8-12,14,24H,2-4,6-7H2,1H3,(H,23,25). The molecule has 29 heavy (non-hydrogen) atoms. The van der Waals surface area contributed by atoms with Gasteiger partial charge >= 0.3 is 0 Å². The number of carbonyl (C=O) groups excluding carboxylic acids is 1. The van der Waals surface area contributed by atoms with Crippen molar-refractivity contribution in [1.82, 2.24) is 4.72 Å². The molecule has 6 nitrogen and oxygen atoms in total. The highest BCUT2D eigenvalue weighted by Crippen LogP contribution is 2.28. The Hall–Kier alpha value is -2.52. The monoisotopic (exact) mass is 424 g/mol. The van der Waals surface area contributed by atoms with Crippen molar-refractivity contribution in [2.45, 2.75) is 43.0 Å².